The van der Waals surface area contributed by atoms with Crippen LogP contribution in [-0.2, 0) is 0 Å². The van der Waals surface area contributed by atoms with E-state index in [2.05, 4.69) is 28.1 Å². The van der Waals surface area contributed by atoms with Gasteiger partial charge in [0, 0.05) is 25.6 Å². The fourth-order valence-corrected chi connectivity index (χ4v) is 1.83. The van der Waals surface area contributed by atoms with Gasteiger partial charge in [-0.25, -0.2) is 0 Å². The van der Waals surface area contributed by atoms with E-state index in [-0.39, 0.29) is 0 Å². The Kier molecular flexibility index (Phi) is 3.39. The maximum Gasteiger partial charge on any atom is 0.151 e. The summed E-state index contributed by atoms with van der Waals surface area (Å²) in [5.41, 5.74) is 6.77. The average molecular weight is 220 g/mol. The molecule has 2 rings (SSSR count). The molecule has 1 aromatic rings. The lowest BCUT2D eigenvalue weighted by Gasteiger charge is -2.26. The molecule has 0 spiro atoms. The molecule has 16 heavy (non-hydrogen) atoms. The van der Waals surface area contributed by atoms with E-state index in [9.17, 15) is 0 Å². The van der Waals surface area contributed by atoms with Crippen LogP contribution in [0.2, 0.25) is 0 Å². The molecule has 88 valence electrons. The third-order valence-electron chi connectivity index (χ3n) is 3.56. The zero-order chi connectivity index (χ0) is 11.5. The molecule has 1 saturated carbocycles. The molecule has 1 aliphatic carbocycles. The van der Waals surface area contributed by atoms with E-state index in [0.717, 1.165) is 11.5 Å². The van der Waals surface area contributed by atoms with Crippen LogP contribution in [0.1, 0.15) is 37.8 Å². The Morgan fingerprint density at radius 1 is 1.44 bits per heavy atom. The number of nitrogens with two attached hydrogens (primary N) is 1. The number of likely N-dealkylation sites (N-methyl/N-ethyl adjacent to an activating group) is 1. The van der Waals surface area contributed by atoms with Crippen LogP contribution < -0.4 is 10.6 Å². The Bertz CT molecular complexity index is 331. The molecule has 0 saturated heterocycles. The summed E-state index contributed by atoms with van der Waals surface area (Å²) in [6.45, 7) is 2.71. The molecule has 2 N–H and O–H groups in total. The molecule has 0 radical (unpaired) electrons. The van der Waals surface area contributed by atoms with E-state index < -0.39 is 0 Å². The highest BCUT2D eigenvalue weighted by atomic mass is 15.3. The van der Waals surface area contributed by atoms with Crippen LogP contribution in [0, 0.1) is 0 Å². The van der Waals surface area contributed by atoms with Crippen LogP contribution in [0.4, 0.5) is 5.82 Å². The fraction of sp³-hybridized carbons (Fsp3) is 0.667. The van der Waals surface area contributed by atoms with E-state index in [4.69, 9.17) is 5.73 Å². The van der Waals surface area contributed by atoms with Crippen molar-refractivity contribution in [3.05, 3.63) is 17.8 Å². The second-order valence-electron chi connectivity index (χ2n) is 4.64. The Morgan fingerprint density at radius 3 is 2.62 bits per heavy atom. The number of hydrogen-bond acceptors (Lipinski definition) is 4. The molecular formula is C12H20N4. The first-order valence-electron chi connectivity index (χ1n) is 5.99. The van der Waals surface area contributed by atoms with Crippen molar-refractivity contribution in [2.24, 2.45) is 5.73 Å². The van der Waals surface area contributed by atoms with Crippen LogP contribution in [0.3, 0.4) is 0 Å². The van der Waals surface area contributed by atoms with Crippen molar-refractivity contribution in [2.45, 2.75) is 38.1 Å². The Labute approximate surface area is 96.9 Å². The monoisotopic (exact) mass is 220 g/mol. The van der Waals surface area contributed by atoms with Crippen LogP contribution in [-0.4, -0.2) is 29.8 Å². The summed E-state index contributed by atoms with van der Waals surface area (Å²) in [5.74, 6) is 1.56. The van der Waals surface area contributed by atoms with Gasteiger partial charge in [0.2, 0.25) is 0 Å². The molecule has 1 aromatic heterocycles. The summed E-state index contributed by atoms with van der Waals surface area (Å²) in [5, 5.41) is 8.58. The van der Waals surface area contributed by atoms with Gasteiger partial charge in [-0.15, -0.1) is 5.10 Å². The van der Waals surface area contributed by atoms with Gasteiger partial charge in [-0.2, -0.15) is 5.10 Å². The number of aromatic nitrogens is 2. The molecule has 0 aliphatic heterocycles. The third kappa shape index (κ3) is 2.16. The van der Waals surface area contributed by atoms with Crippen molar-refractivity contribution >= 4 is 5.82 Å². The molecule has 1 atom stereocenters. The molecule has 0 aromatic carbocycles. The first-order chi connectivity index (χ1) is 7.72. The quantitative estimate of drug-likeness (QED) is 0.836. The highest BCUT2D eigenvalue weighted by Gasteiger charge is 2.21. The molecule has 1 unspecified atom stereocenters. The van der Waals surface area contributed by atoms with E-state index in [0.29, 0.717) is 18.5 Å². The van der Waals surface area contributed by atoms with E-state index in [1.807, 2.05) is 13.1 Å². The van der Waals surface area contributed by atoms with Gasteiger partial charge < -0.3 is 10.6 Å². The fourth-order valence-electron chi connectivity index (χ4n) is 1.83. The molecule has 4 nitrogen and oxygen atoms in total. The second-order valence-corrected chi connectivity index (χ2v) is 4.64. The molecule has 0 amide bonds. The maximum absolute atomic E-state index is 5.63. The lowest BCUT2D eigenvalue weighted by atomic mass is 9.83. The Hall–Kier alpha value is -1.16. The summed E-state index contributed by atoms with van der Waals surface area (Å²) in [6, 6.07) is 4.45. The largest absolute Gasteiger partial charge is 0.354 e. The van der Waals surface area contributed by atoms with Crippen LogP contribution in [0.5, 0.6) is 0 Å². The third-order valence-corrected chi connectivity index (χ3v) is 3.56. The topological polar surface area (TPSA) is 55.0 Å². The summed E-state index contributed by atoms with van der Waals surface area (Å²) >= 11 is 0. The lowest BCUT2D eigenvalue weighted by Crippen LogP contribution is -2.36. The predicted molar refractivity (Wildman–Crippen MR) is 65.5 cm³/mol. The minimum atomic E-state index is 0.295. The zero-order valence-electron chi connectivity index (χ0n) is 10.1. The van der Waals surface area contributed by atoms with Crippen molar-refractivity contribution in [1.82, 2.24) is 10.2 Å². The van der Waals surface area contributed by atoms with Crippen LogP contribution in [0.15, 0.2) is 12.1 Å². The Morgan fingerprint density at radius 2 is 2.19 bits per heavy atom. The smallest absolute Gasteiger partial charge is 0.151 e. The SMILES string of the molecule is CC(CN)N(C)c1ccc(C2CCC2)nn1. The first kappa shape index (κ1) is 11.3. The molecular weight excluding hydrogens is 200 g/mol. The van der Waals surface area contributed by atoms with Crippen molar-refractivity contribution in [3.8, 4) is 0 Å². The molecule has 4 heteroatoms. The van der Waals surface area contributed by atoms with Gasteiger partial charge in [0.05, 0.1) is 5.69 Å². The second kappa shape index (κ2) is 4.78. The van der Waals surface area contributed by atoms with Gasteiger partial charge in [0.1, 0.15) is 0 Å². The van der Waals surface area contributed by atoms with Gasteiger partial charge in [-0.05, 0) is 31.9 Å². The van der Waals surface area contributed by atoms with Crippen molar-refractivity contribution in [2.75, 3.05) is 18.5 Å². The highest BCUT2D eigenvalue weighted by molar-refractivity contribution is 5.37. The maximum atomic E-state index is 5.63. The van der Waals surface area contributed by atoms with Gasteiger partial charge in [0.25, 0.3) is 0 Å². The van der Waals surface area contributed by atoms with Gasteiger partial charge in [0.15, 0.2) is 5.82 Å². The van der Waals surface area contributed by atoms with Gasteiger partial charge in [-0.3, -0.25) is 0 Å². The zero-order valence-corrected chi connectivity index (χ0v) is 10.1. The number of hydrogen-bond donors (Lipinski definition) is 1. The Balaban J connectivity index is 2.06. The summed E-state index contributed by atoms with van der Waals surface area (Å²) in [6.07, 6.45) is 3.87. The number of rotatable bonds is 4. The van der Waals surface area contributed by atoms with Crippen LogP contribution >= 0.6 is 0 Å². The minimum Gasteiger partial charge on any atom is -0.354 e. The number of nitrogens with zero attached hydrogens (tertiary/aromatic N) is 3. The molecule has 1 fully saturated rings. The molecule has 1 heterocycles. The van der Waals surface area contributed by atoms with Crippen molar-refractivity contribution in [3.63, 3.8) is 0 Å². The highest BCUT2D eigenvalue weighted by Crippen LogP contribution is 2.35. The van der Waals surface area contributed by atoms with Crippen molar-refractivity contribution < 1.29 is 0 Å². The molecule has 0 bridgehead atoms. The number of anilines is 1. The minimum absolute atomic E-state index is 0.295. The van der Waals surface area contributed by atoms with E-state index in [1.165, 1.54) is 19.3 Å². The van der Waals surface area contributed by atoms with Gasteiger partial charge >= 0.3 is 0 Å². The standard InChI is InChI=1S/C12H20N4/c1-9(8-13)16(2)12-7-6-11(14-15-12)10-4-3-5-10/h6-7,9-10H,3-5,8,13H2,1-2H3. The average Bonchev–Trinajstić information content (AvgIpc) is 2.26. The first-order valence-corrected chi connectivity index (χ1v) is 5.99. The van der Waals surface area contributed by atoms with Crippen LogP contribution in [0.25, 0.3) is 0 Å². The predicted octanol–water partition coefficient (Wildman–Crippen LogP) is 1.53. The van der Waals surface area contributed by atoms with E-state index >= 15 is 0 Å². The molecule has 1 aliphatic rings. The van der Waals surface area contributed by atoms with Crippen molar-refractivity contribution in [1.29, 1.82) is 0 Å². The summed E-state index contributed by atoms with van der Waals surface area (Å²) < 4.78 is 0. The normalized spacial score (nSPS) is 17.9. The summed E-state index contributed by atoms with van der Waals surface area (Å²) in [7, 11) is 2.00. The van der Waals surface area contributed by atoms with Gasteiger partial charge in [-0.1, -0.05) is 6.42 Å². The summed E-state index contributed by atoms with van der Waals surface area (Å²) in [4.78, 5) is 2.07. The lowest BCUT2D eigenvalue weighted by molar-refractivity contribution is 0.408. The van der Waals surface area contributed by atoms with E-state index in [1.54, 1.807) is 0 Å².